The molecule has 0 spiro atoms. The molecule has 0 amide bonds. The van der Waals surface area contributed by atoms with Gasteiger partial charge < -0.3 is 10.2 Å². The highest BCUT2D eigenvalue weighted by atomic mass is 16.4. The lowest BCUT2D eigenvalue weighted by Crippen LogP contribution is -2.20. The van der Waals surface area contributed by atoms with Crippen LogP contribution in [0.3, 0.4) is 0 Å². The Bertz CT molecular complexity index is 742. The van der Waals surface area contributed by atoms with Gasteiger partial charge in [-0.05, 0) is 78.4 Å². The molecule has 1 aromatic rings. The lowest BCUT2D eigenvalue weighted by atomic mass is 9.77. The quantitative estimate of drug-likeness (QED) is 0.380. The number of carboxylic acid groups (broad SMARTS) is 2. The molecule has 0 radical (unpaired) electrons. The van der Waals surface area contributed by atoms with Gasteiger partial charge in [-0.2, -0.15) is 0 Å². The van der Waals surface area contributed by atoms with Crippen molar-refractivity contribution in [1.82, 2.24) is 0 Å². The van der Waals surface area contributed by atoms with E-state index in [2.05, 4.69) is 55.4 Å². The fourth-order valence-corrected chi connectivity index (χ4v) is 4.98. The molecular weight excluding hydrogens is 376 g/mol. The zero-order valence-corrected chi connectivity index (χ0v) is 20.3. The summed E-state index contributed by atoms with van der Waals surface area (Å²) in [5.74, 6) is -0.966. The predicted molar refractivity (Wildman–Crippen MR) is 123 cm³/mol. The van der Waals surface area contributed by atoms with E-state index in [1.165, 1.54) is 0 Å². The molecule has 4 nitrogen and oxygen atoms in total. The van der Waals surface area contributed by atoms with Crippen molar-refractivity contribution in [3.63, 3.8) is 0 Å². The van der Waals surface area contributed by atoms with Crippen LogP contribution < -0.4 is 0 Å². The zero-order chi connectivity index (χ0) is 23.3. The maximum atomic E-state index is 12.2. The SMILES string of the molecule is CC(C)CC(C)(C)CCc1ccc(C(=O)O)c(CCC(C)(C)CC(C)C)c1C(=O)O. The molecule has 170 valence electrons. The second-order valence-electron chi connectivity index (χ2n) is 11.3. The number of aromatic carboxylic acids is 2. The minimum atomic E-state index is -1.05. The van der Waals surface area contributed by atoms with Crippen molar-refractivity contribution >= 4 is 11.9 Å². The van der Waals surface area contributed by atoms with Crippen LogP contribution in [0.25, 0.3) is 0 Å². The Labute approximate surface area is 183 Å². The van der Waals surface area contributed by atoms with Crippen LogP contribution >= 0.6 is 0 Å². The second kappa shape index (κ2) is 10.5. The smallest absolute Gasteiger partial charge is 0.336 e. The van der Waals surface area contributed by atoms with E-state index in [0.29, 0.717) is 30.2 Å². The molecule has 4 heteroatoms. The third-order valence-electron chi connectivity index (χ3n) is 5.89. The summed E-state index contributed by atoms with van der Waals surface area (Å²) in [7, 11) is 0. The first-order valence-corrected chi connectivity index (χ1v) is 11.3. The fourth-order valence-electron chi connectivity index (χ4n) is 4.98. The molecule has 0 atom stereocenters. The monoisotopic (exact) mass is 418 g/mol. The Morgan fingerprint density at radius 1 is 0.800 bits per heavy atom. The minimum Gasteiger partial charge on any atom is -0.478 e. The number of hydrogen-bond donors (Lipinski definition) is 2. The van der Waals surface area contributed by atoms with Crippen LogP contribution in [-0.2, 0) is 12.8 Å². The molecule has 0 aliphatic rings. The van der Waals surface area contributed by atoms with Crippen molar-refractivity contribution in [3.05, 3.63) is 34.4 Å². The van der Waals surface area contributed by atoms with Crippen LogP contribution in [0.2, 0.25) is 0 Å². The van der Waals surface area contributed by atoms with Gasteiger partial charge in [0.2, 0.25) is 0 Å². The number of benzene rings is 1. The maximum Gasteiger partial charge on any atom is 0.336 e. The lowest BCUT2D eigenvalue weighted by molar-refractivity contribution is 0.0693. The Kier molecular flexibility index (Phi) is 9.13. The highest BCUT2D eigenvalue weighted by molar-refractivity contribution is 5.97. The van der Waals surface area contributed by atoms with Crippen LogP contribution in [0.4, 0.5) is 0 Å². The fraction of sp³-hybridized carbons (Fsp3) is 0.692. The zero-order valence-electron chi connectivity index (χ0n) is 20.3. The molecule has 0 aliphatic carbocycles. The summed E-state index contributed by atoms with van der Waals surface area (Å²) in [5, 5.41) is 19.7. The molecule has 0 bridgehead atoms. The van der Waals surface area contributed by atoms with Crippen molar-refractivity contribution < 1.29 is 19.8 Å². The largest absolute Gasteiger partial charge is 0.478 e. The van der Waals surface area contributed by atoms with Gasteiger partial charge in [0.25, 0.3) is 0 Å². The van der Waals surface area contributed by atoms with Crippen LogP contribution in [0.1, 0.15) is 113 Å². The van der Waals surface area contributed by atoms with Crippen molar-refractivity contribution in [1.29, 1.82) is 0 Å². The van der Waals surface area contributed by atoms with Crippen molar-refractivity contribution in [2.75, 3.05) is 0 Å². The molecule has 1 aromatic carbocycles. The molecule has 1 rings (SSSR count). The van der Waals surface area contributed by atoms with Gasteiger partial charge in [0, 0.05) is 0 Å². The summed E-state index contributed by atoms with van der Waals surface area (Å²) in [6.07, 6.45) is 4.82. The lowest BCUT2D eigenvalue weighted by Gasteiger charge is -2.28. The van der Waals surface area contributed by atoms with Crippen molar-refractivity contribution in [2.45, 2.75) is 93.9 Å². The van der Waals surface area contributed by atoms with E-state index in [9.17, 15) is 19.8 Å². The number of aryl methyl sites for hydroxylation is 1. The van der Waals surface area contributed by atoms with Gasteiger partial charge in [0.15, 0.2) is 0 Å². The summed E-state index contributed by atoms with van der Waals surface area (Å²) in [6.45, 7) is 17.5. The summed E-state index contributed by atoms with van der Waals surface area (Å²) >= 11 is 0. The molecule has 0 aliphatic heterocycles. The second-order valence-corrected chi connectivity index (χ2v) is 11.3. The third-order valence-corrected chi connectivity index (χ3v) is 5.89. The molecule has 0 saturated carbocycles. The van der Waals surface area contributed by atoms with E-state index in [-0.39, 0.29) is 22.0 Å². The number of rotatable bonds is 12. The third kappa shape index (κ3) is 8.12. The average Bonchev–Trinajstić information content (AvgIpc) is 2.55. The highest BCUT2D eigenvalue weighted by Crippen LogP contribution is 2.35. The molecule has 0 unspecified atom stereocenters. The van der Waals surface area contributed by atoms with E-state index in [1.54, 1.807) is 12.1 Å². The Morgan fingerprint density at radius 3 is 1.67 bits per heavy atom. The maximum absolute atomic E-state index is 12.2. The van der Waals surface area contributed by atoms with Gasteiger partial charge in [-0.1, -0.05) is 61.5 Å². The average molecular weight is 419 g/mol. The van der Waals surface area contributed by atoms with E-state index in [4.69, 9.17) is 0 Å². The van der Waals surface area contributed by atoms with Gasteiger partial charge in [-0.25, -0.2) is 9.59 Å². The van der Waals surface area contributed by atoms with E-state index >= 15 is 0 Å². The van der Waals surface area contributed by atoms with Crippen molar-refractivity contribution in [3.8, 4) is 0 Å². The van der Waals surface area contributed by atoms with E-state index < -0.39 is 11.9 Å². The van der Waals surface area contributed by atoms with Gasteiger partial charge >= 0.3 is 11.9 Å². The Hall–Kier alpha value is -1.84. The number of carbonyl (C=O) groups is 2. The first kappa shape index (κ1) is 26.2. The summed E-state index contributed by atoms with van der Waals surface area (Å²) in [4.78, 5) is 24.1. The minimum absolute atomic E-state index is 0.0228. The number of carboxylic acids is 2. The highest BCUT2D eigenvalue weighted by Gasteiger charge is 2.27. The first-order chi connectivity index (χ1) is 13.6. The van der Waals surface area contributed by atoms with Gasteiger partial charge in [-0.15, -0.1) is 0 Å². The topological polar surface area (TPSA) is 74.6 Å². The number of hydrogen-bond acceptors (Lipinski definition) is 2. The standard InChI is InChI=1S/C26H42O4/c1-17(2)15-25(5,6)13-11-19-9-10-21(23(27)28)20(22(19)24(29)30)12-14-26(7,8)16-18(3)4/h9-10,17-18H,11-16H2,1-8H3,(H,27,28)(H,29,30). The molecule has 0 fully saturated rings. The predicted octanol–water partition coefficient (Wildman–Crippen LogP) is 7.09. The Balaban J connectivity index is 3.28. The molecule has 2 N–H and O–H groups in total. The summed E-state index contributed by atoms with van der Waals surface area (Å²) < 4.78 is 0. The van der Waals surface area contributed by atoms with E-state index in [1.807, 2.05) is 0 Å². The first-order valence-electron chi connectivity index (χ1n) is 11.3. The van der Waals surface area contributed by atoms with Gasteiger partial charge in [0.05, 0.1) is 11.1 Å². The van der Waals surface area contributed by atoms with Crippen LogP contribution in [0.15, 0.2) is 12.1 Å². The van der Waals surface area contributed by atoms with Crippen LogP contribution in [0.5, 0.6) is 0 Å². The summed E-state index contributed by atoms with van der Waals surface area (Å²) in [6, 6.07) is 3.31. The molecule has 0 aromatic heterocycles. The van der Waals surface area contributed by atoms with Crippen LogP contribution in [-0.4, -0.2) is 22.2 Å². The van der Waals surface area contributed by atoms with E-state index in [0.717, 1.165) is 31.2 Å². The molecule has 0 heterocycles. The van der Waals surface area contributed by atoms with Gasteiger partial charge in [0.1, 0.15) is 0 Å². The molecular formula is C26H42O4. The Morgan fingerprint density at radius 2 is 1.27 bits per heavy atom. The van der Waals surface area contributed by atoms with Crippen molar-refractivity contribution in [2.24, 2.45) is 22.7 Å². The molecule has 0 saturated heterocycles. The van der Waals surface area contributed by atoms with Gasteiger partial charge in [-0.3, -0.25) is 0 Å². The van der Waals surface area contributed by atoms with Crippen LogP contribution in [0, 0.1) is 22.7 Å². The summed E-state index contributed by atoms with van der Waals surface area (Å²) in [5.41, 5.74) is 1.68. The molecule has 30 heavy (non-hydrogen) atoms. The normalized spacial score (nSPS) is 12.6.